The van der Waals surface area contributed by atoms with E-state index in [2.05, 4.69) is 5.10 Å². The highest BCUT2D eigenvalue weighted by Crippen LogP contribution is 2.11. The maximum atomic E-state index is 11.2. The molecule has 1 aromatic rings. The van der Waals surface area contributed by atoms with Crippen LogP contribution in [0.15, 0.2) is 12.4 Å². The number of carbonyl (C=O) groups excluding carboxylic acids is 1. The number of rotatable bonds is 3. The van der Waals surface area contributed by atoms with E-state index in [9.17, 15) is 4.79 Å². The first-order valence-electron chi connectivity index (χ1n) is 4.01. The molecule has 0 bridgehead atoms. The fraction of sp³-hybridized carbons (Fsp3) is 0.500. The van der Waals surface area contributed by atoms with Crippen LogP contribution in [0.3, 0.4) is 0 Å². The van der Waals surface area contributed by atoms with Crippen molar-refractivity contribution in [1.82, 2.24) is 9.78 Å². The molecule has 1 unspecified atom stereocenters. The Morgan fingerprint density at radius 1 is 1.85 bits per heavy atom. The van der Waals surface area contributed by atoms with Crippen molar-refractivity contribution in [3.63, 3.8) is 0 Å². The number of nitrogens with zero attached hydrogens (tertiary/aromatic N) is 2. The smallest absolute Gasteiger partial charge is 0.330 e. The quantitative estimate of drug-likeness (QED) is 0.701. The van der Waals surface area contributed by atoms with Gasteiger partial charge < -0.3 is 4.74 Å². The number of aromatic nitrogens is 2. The first kappa shape index (κ1) is 10.1. The van der Waals surface area contributed by atoms with Crippen LogP contribution in [0, 0.1) is 0 Å². The second-order valence-corrected chi connectivity index (χ2v) is 3.00. The predicted octanol–water partition coefficient (Wildman–Crippen LogP) is 1.66. The van der Waals surface area contributed by atoms with E-state index in [1.54, 1.807) is 20.0 Å². The van der Waals surface area contributed by atoms with Crippen LogP contribution in [0.1, 0.15) is 19.9 Å². The van der Waals surface area contributed by atoms with Gasteiger partial charge in [-0.05, 0) is 13.8 Å². The molecule has 0 saturated heterocycles. The highest BCUT2D eigenvalue weighted by atomic mass is 35.5. The van der Waals surface area contributed by atoms with Crippen molar-refractivity contribution in [1.29, 1.82) is 0 Å². The second kappa shape index (κ2) is 4.28. The average molecular weight is 203 g/mol. The summed E-state index contributed by atoms with van der Waals surface area (Å²) in [5.74, 6) is -0.303. The minimum absolute atomic E-state index is 0.303. The molecule has 0 aliphatic rings. The van der Waals surface area contributed by atoms with Gasteiger partial charge in [0.05, 0.1) is 17.8 Å². The van der Waals surface area contributed by atoms with E-state index in [0.717, 1.165) is 0 Å². The van der Waals surface area contributed by atoms with Crippen LogP contribution in [-0.4, -0.2) is 22.4 Å². The zero-order valence-corrected chi connectivity index (χ0v) is 8.28. The van der Waals surface area contributed by atoms with Gasteiger partial charge in [0, 0.05) is 6.20 Å². The lowest BCUT2D eigenvalue weighted by molar-refractivity contribution is -0.146. The molecule has 0 radical (unpaired) electrons. The van der Waals surface area contributed by atoms with Gasteiger partial charge in [0.25, 0.3) is 0 Å². The Morgan fingerprint density at radius 2 is 2.54 bits per heavy atom. The van der Waals surface area contributed by atoms with Crippen LogP contribution in [-0.2, 0) is 9.53 Å². The molecule has 1 heterocycles. The summed E-state index contributed by atoms with van der Waals surface area (Å²) in [5, 5.41) is 4.41. The van der Waals surface area contributed by atoms with E-state index < -0.39 is 6.04 Å². The van der Waals surface area contributed by atoms with Gasteiger partial charge in [-0.3, -0.25) is 4.68 Å². The normalized spacial score (nSPS) is 12.5. The molecule has 0 N–H and O–H groups in total. The largest absolute Gasteiger partial charge is 0.464 e. The third kappa shape index (κ3) is 2.45. The number of hydrogen-bond acceptors (Lipinski definition) is 3. The molecule has 0 aliphatic carbocycles. The van der Waals surface area contributed by atoms with E-state index in [0.29, 0.717) is 11.6 Å². The molecule has 1 aromatic heterocycles. The molecular weight excluding hydrogens is 192 g/mol. The van der Waals surface area contributed by atoms with Crippen LogP contribution >= 0.6 is 11.6 Å². The van der Waals surface area contributed by atoms with Gasteiger partial charge in [0.15, 0.2) is 0 Å². The van der Waals surface area contributed by atoms with E-state index in [1.165, 1.54) is 10.9 Å². The Hall–Kier alpha value is -1.03. The third-order valence-electron chi connectivity index (χ3n) is 1.59. The Balaban J connectivity index is 2.67. The summed E-state index contributed by atoms with van der Waals surface area (Å²) in [7, 11) is 0. The van der Waals surface area contributed by atoms with Crippen molar-refractivity contribution in [2.24, 2.45) is 0 Å². The molecule has 0 amide bonds. The molecule has 5 heteroatoms. The van der Waals surface area contributed by atoms with E-state index in [-0.39, 0.29) is 5.97 Å². The molecule has 0 aliphatic heterocycles. The van der Waals surface area contributed by atoms with Crippen LogP contribution < -0.4 is 0 Å². The van der Waals surface area contributed by atoms with Crippen molar-refractivity contribution >= 4 is 17.6 Å². The van der Waals surface area contributed by atoms with Crippen molar-refractivity contribution < 1.29 is 9.53 Å². The third-order valence-corrected chi connectivity index (χ3v) is 1.79. The Bertz CT molecular complexity index is 298. The summed E-state index contributed by atoms with van der Waals surface area (Å²) in [6, 6.07) is -0.424. The predicted molar refractivity (Wildman–Crippen MR) is 48.6 cm³/mol. The first-order chi connectivity index (χ1) is 6.15. The molecule has 0 spiro atoms. The lowest BCUT2D eigenvalue weighted by Crippen LogP contribution is -2.19. The summed E-state index contributed by atoms with van der Waals surface area (Å²) >= 11 is 5.65. The summed E-state index contributed by atoms with van der Waals surface area (Å²) in [6.45, 7) is 3.85. The van der Waals surface area contributed by atoms with Gasteiger partial charge in [-0.1, -0.05) is 11.6 Å². The molecule has 1 atom stereocenters. The lowest BCUT2D eigenvalue weighted by atomic mass is 10.3. The number of halogens is 1. The molecule has 0 aromatic carbocycles. The molecule has 4 nitrogen and oxygen atoms in total. The van der Waals surface area contributed by atoms with Crippen LogP contribution in [0.25, 0.3) is 0 Å². The molecule has 0 fully saturated rings. The molecule has 13 heavy (non-hydrogen) atoms. The highest BCUT2D eigenvalue weighted by molar-refractivity contribution is 6.30. The maximum Gasteiger partial charge on any atom is 0.330 e. The Kier molecular flexibility index (Phi) is 3.31. The fourth-order valence-electron chi connectivity index (χ4n) is 0.898. The van der Waals surface area contributed by atoms with Gasteiger partial charge in [-0.2, -0.15) is 5.10 Å². The highest BCUT2D eigenvalue weighted by Gasteiger charge is 2.16. The number of hydrogen-bond donors (Lipinski definition) is 0. The zero-order chi connectivity index (χ0) is 9.84. The summed E-state index contributed by atoms with van der Waals surface area (Å²) in [5.41, 5.74) is 0. The van der Waals surface area contributed by atoms with Gasteiger partial charge in [-0.25, -0.2) is 4.79 Å². The average Bonchev–Trinajstić information content (AvgIpc) is 2.51. The summed E-state index contributed by atoms with van der Waals surface area (Å²) in [4.78, 5) is 11.2. The van der Waals surface area contributed by atoms with Gasteiger partial charge in [0.1, 0.15) is 6.04 Å². The minimum Gasteiger partial charge on any atom is -0.464 e. The van der Waals surface area contributed by atoms with E-state index in [4.69, 9.17) is 16.3 Å². The van der Waals surface area contributed by atoms with Gasteiger partial charge in [0.2, 0.25) is 0 Å². The van der Waals surface area contributed by atoms with E-state index in [1.807, 2.05) is 0 Å². The number of ether oxygens (including phenoxy) is 1. The lowest BCUT2D eigenvalue weighted by Gasteiger charge is -2.09. The Morgan fingerprint density at radius 3 is 3.00 bits per heavy atom. The van der Waals surface area contributed by atoms with Crippen LogP contribution in [0.2, 0.25) is 5.02 Å². The van der Waals surface area contributed by atoms with Gasteiger partial charge >= 0.3 is 5.97 Å². The SMILES string of the molecule is CCOC(=O)C(C)n1cc(Cl)cn1. The topological polar surface area (TPSA) is 44.1 Å². The number of esters is 1. The molecule has 1 rings (SSSR count). The molecule has 72 valence electrons. The number of carbonyl (C=O) groups is 1. The van der Waals surface area contributed by atoms with E-state index >= 15 is 0 Å². The monoisotopic (exact) mass is 202 g/mol. The van der Waals surface area contributed by atoms with Crippen molar-refractivity contribution in [3.8, 4) is 0 Å². The summed E-state index contributed by atoms with van der Waals surface area (Å²) < 4.78 is 6.30. The van der Waals surface area contributed by atoms with Gasteiger partial charge in [-0.15, -0.1) is 0 Å². The Labute approximate surface area is 81.4 Å². The standard InChI is InChI=1S/C8H11ClN2O2/c1-3-13-8(12)6(2)11-5-7(9)4-10-11/h4-6H,3H2,1-2H3. The van der Waals surface area contributed by atoms with Crippen molar-refractivity contribution in [3.05, 3.63) is 17.4 Å². The maximum absolute atomic E-state index is 11.2. The summed E-state index contributed by atoms with van der Waals surface area (Å²) in [6.07, 6.45) is 3.07. The van der Waals surface area contributed by atoms with Crippen molar-refractivity contribution in [2.45, 2.75) is 19.9 Å². The molecule has 0 saturated carbocycles. The van der Waals surface area contributed by atoms with Crippen LogP contribution in [0.5, 0.6) is 0 Å². The fourth-order valence-corrected chi connectivity index (χ4v) is 1.04. The second-order valence-electron chi connectivity index (χ2n) is 2.57. The minimum atomic E-state index is -0.424. The zero-order valence-electron chi connectivity index (χ0n) is 7.53. The van der Waals surface area contributed by atoms with Crippen LogP contribution in [0.4, 0.5) is 0 Å². The van der Waals surface area contributed by atoms with Crippen molar-refractivity contribution in [2.75, 3.05) is 6.61 Å². The molecular formula is C8H11ClN2O2. The first-order valence-corrected chi connectivity index (χ1v) is 4.39.